The molecule has 2 amide bonds. The smallest absolute Gasteiger partial charge is 0.237 e. The van der Waals surface area contributed by atoms with Crippen LogP contribution in [0.1, 0.15) is 26.1 Å². The lowest BCUT2D eigenvalue weighted by Gasteiger charge is -2.37. The van der Waals surface area contributed by atoms with Crippen LogP contribution in [0.2, 0.25) is 0 Å². The van der Waals surface area contributed by atoms with Crippen LogP contribution in [0.3, 0.4) is 0 Å². The van der Waals surface area contributed by atoms with E-state index in [2.05, 4.69) is 25.5 Å². The average molecular weight is 359 g/mol. The maximum atomic E-state index is 12.3. The average Bonchev–Trinajstić information content (AvgIpc) is 3.03. The third-order valence-electron chi connectivity index (χ3n) is 4.61. The molecule has 8 heteroatoms. The lowest BCUT2D eigenvalue weighted by molar-refractivity contribution is -0.134. The second kappa shape index (κ2) is 7.74. The van der Waals surface area contributed by atoms with Crippen LogP contribution < -0.4 is 15.4 Å². The minimum absolute atomic E-state index is 0.0871. The highest BCUT2D eigenvalue weighted by Crippen LogP contribution is 2.18. The molecule has 1 aromatic heterocycles. The zero-order chi connectivity index (χ0) is 18.7. The number of aromatic amines is 1. The van der Waals surface area contributed by atoms with Crippen LogP contribution in [0.25, 0.3) is 11.0 Å². The Hall–Kier alpha value is -2.61. The SMILES string of the molecule is COc1ccc2nc(CNC(=O)CC3C(=O)NCCN3C(C)C)[nH]c2c1. The Morgan fingerprint density at radius 1 is 1.46 bits per heavy atom. The zero-order valence-electron chi connectivity index (χ0n) is 15.3. The Bertz CT molecular complexity index is 801. The lowest BCUT2D eigenvalue weighted by Crippen LogP contribution is -2.58. The molecule has 0 aliphatic carbocycles. The van der Waals surface area contributed by atoms with Gasteiger partial charge in [0.2, 0.25) is 11.8 Å². The van der Waals surface area contributed by atoms with Crippen LogP contribution in [-0.2, 0) is 16.1 Å². The molecule has 140 valence electrons. The first kappa shape index (κ1) is 18.2. The second-order valence-corrected chi connectivity index (χ2v) is 6.69. The fraction of sp³-hybridized carbons (Fsp3) is 0.500. The number of nitrogens with one attached hydrogen (secondary N) is 3. The number of fused-ring (bicyclic) bond motifs is 1. The van der Waals surface area contributed by atoms with Gasteiger partial charge >= 0.3 is 0 Å². The molecule has 1 unspecified atom stereocenters. The largest absolute Gasteiger partial charge is 0.497 e. The van der Waals surface area contributed by atoms with E-state index in [1.54, 1.807) is 7.11 Å². The number of carbonyl (C=O) groups excluding carboxylic acids is 2. The normalized spacial score (nSPS) is 18.2. The van der Waals surface area contributed by atoms with Gasteiger partial charge in [0.15, 0.2) is 0 Å². The first-order chi connectivity index (χ1) is 12.5. The van der Waals surface area contributed by atoms with Crippen molar-refractivity contribution < 1.29 is 14.3 Å². The van der Waals surface area contributed by atoms with Gasteiger partial charge in [-0.25, -0.2) is 4.98 Å². The molecule has 2 aromatic rings. The third kappa shape index (κ3) is 3.96. The molecule has 8 nitrogen and oxygen atoms in total. The number of H-pyrrole nitrogens is 1. The molecule has 1 aliphatic rings. The molecule has 1 fully saturated rings. The standard InChI is InChI=1S/C18H25N5O3/c1-11(2)23-7-6-19-18(25)15(23)9-17(24)20-10-16-21-13-5-4-12(26-3)8-14(13)22-16/h4-5,8,11,15H,6-7,9-10H2,1-3H3,(H,19,25)(H,20,24)(H,21,22). The molecule has 2 heterocycles. The molecule has 1 aliphatic heterocycles. The number of methoxy groups -OCH3 is 1. The van der Waals surface area contributed by atoms with Crippen molar-refractivity contribution in [3.63, 3.8) is 0 Å². The molecular weight excluding hydrogens is 334 g/mol. The maximum absolute atomic E-state index is 12.3. The van der Waals surface area contributed by atoms with Crippen molar-refractivity contribution in [1.29, 1.82) is 0 Å². The number of piperazine rings is 1. The fourth-order valence-corrected chi connectivity index (χ4v) is 3.24. The summed E-state index contributed by atoms with van der Waals surface area (Å²) in [5.41, 5.74) is 1.67. The molecule has 0 bridgehead atoms. The van der Waals surface area contributed by atoms with Crippen LogP contribution in [0, 0.1) is 0 Å². The van der Waals surface area contributed by atoms with E-state index in [1.165, 1.54) is 0 Å². The van der Waals surface area contributed by atoms with E-state index in [0.29, 0.717) is 12.4 Å². The van der Waals surface area contributed by atoms with E-state index in [0.717, 1.165) is 23.3 Å². The van der Waals surface area contributed by atoms with Crippen LogP contribution in [0.5, 0.6) is 5.75 Å². The predicted molar refractivity (Wildman–Crippen MR) is 97.7 cm³/mol. The molecule has 0 radical (unpaired) electrons. The molecule has 1 atom stereocenters. The summed E-state index contributed by atoms with van der Waals surface area (Å²) in [5, 5.41) is 5.68. The molecule has 3 rings (SSSR count). The first-order valence-corrected chi connectivity index (χ1v) is 8.80. The van der Waals surface area contributed by atoms with Gasteiger partial charge in [-0.3, -0.25) is 14.5 Å². The van der Waals surface area contributed by atoms with E-state index >= 15 is 0 Å². The maximum Gasteiger partial charge on any atom is 0.237 e. The topological polar surface area (TPSA) is 99.3 Å². The van der Waals surface area contributed by atoms with E-state index in [1.807, 2.05) is 32.0 Å². The molecule has 0 spiro atoms. The van der Waals surface area contributed by atoms with Gasteiger partial charge in [0.05, 0.1) is 37.2 Å². The van der Waals surface area contributed by atoms with Gasteiger partial charge in [-0.1, -0.05) is 0 Å². The van der Waals surface area contributed by atoms with Gasteiger partial charge in [-0.05, 0) is 26.0 Å². The summed E-state index contributed by atoms with van der Waals surface area (Å²) in [6.45, 7) is 5.73. The van der Waals surface area contributed by atoms with Gasteiger partial charge in [0.1, 0.15) is 11.6 Å². The number of carbonyl (C=O) groups is 2. The minimum Gasteiger partial charge on any atom is -0.497 e. The second-order valence-electron chi connectivity index (χ2n) is 6.69. The van der Waals surface area contributed by atoms with Gasteiger partial charge in [-0.2, -0.15) is 0 Å². The summed E-state index contributed by atoms with van der Waals surface area (Å²) in [6, 6.07) is 5.35. The van der Waals surface area contributed by atoms with Gasteiger partial charge in [-0.15, -0.1) is 0 Å². The van der Waals surface area contributed by atoms with Crippen molar-refractivity contribution in [2.24, 2.45) is 0 Å². The van der Waals surface area contributed by atoms with E-state index in [4.69, 9.17) is 4.74 Å². The quantitative estimate of drug-likeness (QED) is 0.708. The lowest BCUT2D eigenvalue weighted by atomic mass is 10.1. The predicted octanol–water partition coefficient (Wildman–Crippen LogP) is 0.787. The summed E-state index contributed by atoms with van der Waals surface area (Å²) in [4.78, 5) is 34.1. The highest BCUT2D eigenvalue weighted by Gasteiger charge is 2.32. The van der Waals surface area contributed by atoms with Crippen molar-refractivity contribution in [2.45, 2.75) is 38.9 Å². The number of hydrogen-bond acceptors (Lipinski definition) is 5. The minimum atomic E-state index is -0.427. The van der Waals surface area contributed by atoms with Gasteiger partial charge in [0, 0.05) is 25.2 Å². The highest BCUT2D eigenvalue weighted by molar-refractivity contribution is 5.88. The highest BCUT2D eigenvalue weighted by atomic mass is 16.5. The van der Waals surface area contributed by atoms with Crippen LogP contribution in [0.4, 0.5) is 0 Å². The molecule has 1 aromatic carbocycles. The molecular formula is C18H25N5O3. The molecule has 3 N–H and O–H groups in total. The number of amides is 2. The van der Waals surface area contributed by atoms with Crippen molar-refractivity contribution in [3.8, 4) is 5.75 Å². The third-order valence-corrected chi connectivity index (χ3v) is 4.61. The number of imidazole rings is 1. The Morgan fingerprint density at radius 2 is 2.27 bits per heavy atom. The number of aromatic nitrogens is 2. The Morgan fingerprint density at radius 3 is 3.00 bits per heavy atom. The molecule has 26 heavy (non-hydrogen) atoms. The van der Waals surface area contributed by atoms with Crippen molar-refractivity contribution in [3.05, 3.63) is 24.0 Å². The van der Waals surface area contributed by atoms with E-state index in [-0.39, 0.29) is 30.8 Å². The van der Waals surface area contributed by atoms with Crippen molar-refractivity contribution in [2.75, 3.05) is 20.2 Å². The number of ether oxygens (including phenoxy) is 1. The van der Waals surface area contributed by atoms with Crippen molar-refractivity contribution in [1.82, 2.24) is 25.5 Å². The Labute approximate surface area is 152 Å². The monoisotopic (exact) mass is 359 g/mol. The number of nitrogens with zero attached hydrogens (tertiary/aromatic N) is 2. The summed E-state index contributed by atoms with van der Waals surface area (Å²) >= 11 is 0. The first-order valence-electron chi connectivity index (χ1n) is 8.80. The number of hydrogen-bond donors (Lipinski definition) is 3. The van der Waals surface area contributed by atoms with Gasteiger partial charge < -0.3 is 20.4 Å². The molecule has 0 saturated carbocycles. The molecule has 1 saturated heterocycles. The summed E-state index contributed by atoms with van der Waals surface area (Å²) in [6.07, 6.45) is 0.137. The van der Waals surface area contributed by atoms with Crippen LogP contribution in [0.15, 0.2) is 18.2 Å². The van der Waals surface area contributed by atoms with E-state index < -0.39 is 6.04 Å². The van der Waals surface area contributed by atoms with Gasteiger partial charge in [0.25, 0.3) is 0 Å². The van der Waals surface area contributed by atoms with E-state index in [9.17, 15) is 9.59 Å². The number of rotatable bonds is 6. The zero-order valence-corrected chi connectivity index (χ0v) is 15.3. The number of benzene rings is 1. The van der Waals surface area contributed by atoms with Crippen LogP contribution >= 0.6 is 0 Å². The Balaban J connectivity index is 1.60. The summed E-state index contributed by atoms with van der Waals surface area (Å²) in [7, 11) is 1.61. The summed E-state index contributed by atoms with van der Waals surface area (Å²) in [5.74, 6) is 1.15. The summed E-state index contributed by atoms with van der Waals surface area (Å²) < 4.78 is 5.19. The fourth-order valence-electron chi connectivity index (χ4n) is 3.24. The van der Waals surface area contributed by atoms with Crippen LogP contribution in [-0.4, -0.2) is 59.0 Å². The van der Waals surface area contributed by atoms with Crippen molar-refractivity contribution >= 4 is 22.8 Å². The Kier molecular flexibility index (Phi) is 5.41.